The minimum absolute atomic E-state index is 0.0328. The molecule has 7 heteroatoms. The van der Waals surface area contributed by atoms with Crippen LogP contribution in [0.1, 0.15) is 34.6 Å². The molecule has 0 aliphatic carbocycles. The molecule has 0 saturated heterocycles. The van der Waals surface area contributed by atoms with Crippen LogP contribution in [0.15, 0.2) is 53.1 Å². The maximum absolute atomic E-state index is 13.4. The fourth-order valence-electron chi connectivity index (χ4n) is 3.13. The summed E-state index contributed by atoms with van der Waals surface area (Å²) in [5, 5.41) is 12.2. The van der Waals surface area contributed by atoms with Crippen LogP contribution >= 0.6 is 11.3 Å². The molecule has 0 unspecified atom stereocenters. The summed E-state index contributed by atoms with van der Waals surface area (Å²) in [6.45, 7) is 3.23. The molecular formula is C20H20FNO4S. The van der Waals surface area contributed by atoms with Gasteiger partial charge in [-0.25, -0.2) is 4.39 Å². The molecule has 1 aliphatic heterocycles. The van der Waals surface area contributed by atoms with Crippen molar-refractivity contribution in [2.75, 3.05) is 19.8 Å². The molecule has 0 fully saturated rings. The predicted molar refractivity (Wildman–Crippen MR) is 100 cm³/mol. The molecule has 27 heavy (non-hydrogen) atoms. The summed E-state index contributed by atoms with van der Waals surface area (Å²) in [6, 6.07) is 8.25. The second-order valence-electron chi connectivity index (χ2n) is 6.07. The van der Waals surface area contributed by atoms with Crippen molar-refractivity contribution in [3.05, 3.63) is 69.4 Å². The van der Waals surface area contributed by atoms with Gasteiger partial charge < -0.3 is 14.7 Å². The van der Waals surface area contributed by atoms with Gasteiger partial charge >= 0.3 is 0 Å². The SMILES string of the molecule is CCOCCCN1C(=O)C(O)=C(C(=O)c2cccs2)[C@H]1c1ccc(F)cc1. The fourth-order valence-corrected chi connectivity index (χ4v) is 3.81. The van der Waals surface area contributed by atoms with Crippen molar-refractivity contribution in [3.63, 3.8) is 0 Å². The van der Waals surface area contributed by atoms with Crippen LogP contribution in [0, 0.1) is 5.82 Å². The molecule has 1 amide bonds. The van der Waals surface area contributed by atoms with E-state index in [0.29, 0.717) is 36.6 Å². The van der Waals surface area contributed by atoms with Gasteiger partial charge in [0.1, 0.15) is 5.82 Å². The molecule has 1 aromatic heterocycles. The number of rotatable bonds is 8. The molecule has 2 aromatic rings. The van der Waals surface area contributed by atoms with E-state index in [9.17, 15) is 19.1 Å². The number of ether oxygens (including phenoxy) is 1. The maximum atomic E-state index is 13.4. The Balaban J connectivity index is 1.96. The van der Waals surface area contributed by atoms with Crippen molar-refractivity contribution < 1.29 is 23.8 Å². The molecule has 5 nitrogen and oxygen atoms in total. The number of benzene rings is 1. The van der Waals surface area contributed by atoms with Crippen LogP contribution in [-0.4, -0.2) is 41.5 Å². The number of carbonyl (C=O) groups is 2. The zero-order valence-corrected chi connectivity index (χ0v) is 15.7. The van der Waals surface area contributed by atoms with Gasteiger partial charge in [0.25, 0.3) is 5.91 Å². The zero-order chi connectivity index (χ0) is 19.4. The first kappa shape index (κ1) is 19.3. The number of carbonyl (C=O) groups excluding carboxylic acids is 2. The fraction of sp³-hybridized carbons (Fsp3) is 0.300. The third-order valence-electron chi connectivity index (χ3n) is 4.37. The van der Waals surface area contributed by atoms with Crippen molar-refractivity contribution >= 4 is 23.0 Å². The standard InChI is InChI=1S/C20H20FNO4S/c1-2-26-11-4-10-22-17(13-6-8-14(21)9-7-13)16(19(24)20(22)25)18(23)15-5-3-12-27-15/h3,5-9,12,17,24H,2,4,10-11H2,1H3/t17-/m1/s1. The van der Waals surface area contributed by atoms with E-state index in [1.165, 1.54) is 40.5 Å². The van der Waals surface area contributed by atoms with E-state index in [1.807, 2.05) is 6.92 Å². The molecular weight excluding hydrogens is 369 g/mol. The summed E-state index contributed by atoms with van der Waals surface area (Å²) in [6.07, 6.45) is 0.561. The number of nitrogens with zero attached hydrogens (tertiary/aromatic N) is 1. The Kier molecular flexibility index (Phi) is 6.03. The molecule has 1 atom stereocenters. The van der Waals surface area contributed by atoms with Crippen LogP contribution in [0.2, 0.25) is 0 Å². The van der Waals surface area contributed by atoms with E-state index in [0.717, 1.165) is 0 Å². The second kappa shape index (κ2) is 8.45. The Hall–Kier alpha value is -2.51. The summed E-state index contributed by atoms with van der Waals surface area (Å²) in [4.78, 5) is 27.5. The van der Waals surface area contributed by atoms with Crippen molar-refractivity contribution in [3.8, 4) is 0 Å². The number of aliphatic hydroxyl groups excluding tert-OH is 1. The lowest BCUT2D eigenvalue weighted by molar-refractivity contribution is -0.129. The van der Waals surface area contributed by atoms with Crippen molar-refractivity contribution in [2.45, 2.75) is 19.4 Å². The van der Waals surface area contributed by atoms with Crippen LogP contribution in [0.5, 0.6) is 0 Å². The van der Waals surface area contributed by atoms with Gasteiger partial charge in [0.15, 0.2) is 5.76 Å². The third kappa shape index (κ3) is 3.94. The van der Waals surface area contributed by atoms with Crippen LogP contribution in [-0.2, 0) is 9.53 Å². The summed E-state index contributed by atoms with van der Waals surface area (Å²) in [7, 11) is 0. The molecule has 0 radical (unpaired) electrons. The number of amides is 1. The molecule has 2 heterocycles. The van der Waals surface area contributed by atoms with Crippen molar-refractivity contribution in [1.82, 2.24) is 4.90 Å². The highest BCUT2D eigenvalue weighted by Crippen LogP contribution is 2.39. The lowest BCUT2D eigenvalue weighted by atomic mass is 9.95. The minimum atomic E-state index is -0.755. The van der Waals surface area contributed by atoms with Gasteiger partial charge in [-0.3, -0.25) is 9.59 Å². The lowest BCUT2D eigenvalue weighted by Crippen LogP contribution is -2.32. The van der Waals surface area contributed by atoms with Crippen LogP contribution in [0.3, 0.4) is 0 Å². The first-order chi connectivity index (χ1) is 13.0. The van der Waals surface area contributed by atoms with Gasteiger partial charge in [-0.2, -0.15) is 0 Å². The topological polar surface area (TPSA) is 66.8 Å². The van der Waals surface area contributed by atoms with Gasteiger partial charge in [-0.05, 0) is 42.5 Å². The minimum Gasteiger partial charge on any atom is -0.503 e. The molecule has 1 aromatic carbocycles. The quantitative estimate of drug-likeness (QED) is 0.549. The number of thiophene rings is 1. The lowest BCUT2D eigenvalue weighted by Gasteiger charge is -2.26. The Bertz CT molecular complexity index is 845. The predicted octanol–water partition coefficient (Wildman–Crippen LogP) is 3.89. The monoisotopic (exact) mass is 389 g/mol. The first-order valence-corrected chi connectivity index (χ1v) is 9.58. The summed E-state index contributed by atoms with van der Waals surface area (Å²) >= 11 is 1.24. The third-order valence-corrected chi connectivity index (χ3v) is 5.24. The average Bonchev–Trinajstić information content (AvgIpc) is 3.28. The van der Waals surface area contributed by atoms with E-state index >= 15 is 0 Å². The molecule has 142 valence electrons. The van der Waals surface area contributed by atoms with Gasteiger partial charge in [0.05, 0.1) is 16.5 Å². The molecule has 0 bridgehead atoms. The van der Waals surface area contributed by atoms with Gasteiger partial charge in [0.2, 0.25) is 5.78 Å². The van der Waals surface area contributed by atoms with Gasteiger partial charge in [0, 0.05) is 19.8 Å². The highest BCUT2D eigenvalue weighted by atomic mass is 32.1. The number of halogens is 1. The van der Waals surface area contributed by atoms with Gasteiger partial charge in [-0.1, -0.05) is 18.2 Å². The Morgan fingerprint density at radius 2 is 2.04 bits per heavy atom. The smallest absolute Gasteiger partial charge is 0.290 e. The zero-order valence-electron chi connectivity index (χ0n) is 14.9. The van der Waals surface area contributed by atoms with Crippen molar-refractivity contribution in [2.24, 2.45) is 0 Å². The largest absolute Gasteiger partial charge is 0.503 e. The molecule has 0 saturated carbocycles. The van der Waals surface area contributed by atoms with Crippen LogP contribution in [0.25, 0.3) is 0 Å². The number of hydrogen-bond acceptors (Lipinski definition) is 5. The van der Waals surface area contributed by atoms with Crippen LogP contribution in [0.4, 0.5) is 4.39 Å². The van der Waals surface area contributed by atoms with Gasteiger partial charge in [-0.15, -0.1) is 11.3 Å². The van der Waals surface area contributed by atoms with E-state index in [1.54, 1.807) is 17.5 Å². The highest BCUT2D eigenvalue weighted by molar-refractivity contribution is 7.12. The summed E-state index contributed by atoms with van der Waals surface area (Å²) in [5.74, 6) is -1.94. The summed E-state index contributed by atoms with van der Waals surface area (Å²) < 4.78 is 18.7. The Morgan fingerprint density at radius 3 is 2.67 bits per heavy atom. The molecule has 3 rings (SSSR count). The second-order valence-corrected chi connectivity index (χ2v) is 7.02. The normalized spacial score (nSPS) is 17.0. The molecule has 0 spiro atoms. The van der Waals surface area contributed by atoms with E-state index < -0.39 is 29.3 Å². The summed E-state index contributed by atoms with van der Waals surface area (Å²) in [5.41, 5.74) is 0.607. The Labute approximate surface area is 160 Å². The molecule has 1 aliphatic rings. The average molecular weight is 389 g/mol. The Morgan fingerprint density at radius 1 is 1.30 bits per heavy atom. The number of Topliss-reactive ketones (excluding diaryl/α,β-unsaturated/α-hetero) is 1. The number of aliphatic hydroxyl groups is 1. The first-order valence-electron chi connectivity index (χ1n) is 8.70. The van der Waals surface area contributed by atoms with E-state index in [2.05, 4.69) is 0 Å². The number of hydrogen-bond donors (Lipinski definition) is 1. The van der Waals surface area contributed by atoms with E-state index in [-0.39, 0.29) is 5.57 Å². The maximum Gasteiger partial charge on any atom is 0.290 e. The molecule has 1 N–H and O–H groups in total. The highest BCUT2D eigenvalue weighted by Gasteiger charge is 2.43. The van der Waals surface area contributed by atoms with Crippen molar-refractivity contribution in [1.29, 1.82) is 0 Å². The van der Waals surface area contributed by atoms with Crippen LogP contribution < -0.4 is 0 Å². The number of ketones is 1. The van der Waals surface area contributed by atoms with E-state index in [4.69, 9.17) is 4.74 Å².